The maximum absolute atomic E-state index is 13.0. The summed E-state index contributed by atoms with van der Waals surface area (Å²) < 4.78 is 49.5. The van der Waals surface area contributed by atoms with Gasteiger partial charge in [-0.15, -0.1) is 0 Å². The Bertz CT molecular complexity index is 520. The average molecular weight is 321 g/mol. The van der Waals surface area contributed by atoms with Crippen LogP contribution in [0.1, 0.15) is 24.6 Å². The predicted molar refractivity (Wildman–Crippen MR) is 75.1 cm³/mol. The lowest BCUT2D eigenvalue weighted by molar-refractivity contribution is -0.141. The van der Waals surface area contributed by atoms with Crippen molar-refractivity contribution >= 4 is 12.1 Å². The number of hydrogen-bond acceptors (Lipinski definition) is 4. The van der Waals surface area contributed by atoms with E-state index < -0.39 is 17.7 Å². The van der Waals surface area contributed by atoms with Crippen LogP contribution < -0.4 is 10.6 Å². The molecule has 0 aliphatic carbocycles. The van der Waals surface area contributed by atoms with Crippen molar-refractivity contribution in [1.82, 2.24) is 10.3 Å². The molecule has 2 N–H and O–H groups in total. The van der Waals surface area contributed by atoms with Crippen LogP contribution in [-0.2, 0) is 11.0 Å². The minimum absolute atomic E-state index is 0.0699. The molecule has 0 bridgehead atoms. The van der Waals surface area contributed by atoms with E-state index in [1.54, 1.807) is 0 Å². The van der Waals surface area contributed by atoms with E-state index >= 15 is 0 Å². The van der Waals surface area contributed by atoms with Gasteiger partial charge in [-0.05, 0) is 25.8 Å². The molecular weight excluding hydrogens is 302 g/mol. The number of pyridine rings is 1. The standard InChI is InChI=1S/C8H8F4N2.C6H11NO/c1-4-5(9)3-6(8(10,11)12)14-7(4)13-2;1-5-2-6(4-8)7-3-5/h3H,1-2H3,(H,13,14);4-7H,2-3H2,1H3. The number of hydrogen-bond donors (Lipinski definition) is 2. The zero-order valence-electron chi connectivity index (χ0n) is 12.6. The van der Waals surface area contributed by atoms with E-state index in [4.69, 9.17) is 0 Å². The van der Waals surface area contributed by atoms with Crippen molar-refractivity contribution in [2.24, 2.45) is 5.92 Å². The van der Waals surface area contributed by atoms with Gasteiger partial charge in [-0.3, -0.25) is 0 Å². The second-order valence-corrected chi connectivity index (χ2v) is 5.20. The van der Waals surface area contributed by atoms with Gasteiger partial charge < -0.3 is 15.4 Å². The molecule has 8 heteroatoms. The molecular formula is C14H19F4N3O. The van der Waals surface area contributed by atoms with Crippen LogP contribution in [0.4, 0.5) is 23.4 Å². The van der Waals surface area contributed by atoms with Crippen molar-refractivity contribution in [2.75, 3.05) is 18.9 Å². The van der Waals surface area contributed by atoms with Crippen molar-refractivity contribution < 1.29 is 22.4 Å². The molecule has 124 valence electrons. The average Bonchev–Trinajstić information content (AvgIpc) is 2.87. The van der Waals surface area contributed by atoms with Gasteiger partial charge in [-0.25, -0.2) is 9.37 Å². The lowest BCUT2D eigenvalue weighted by Crippen LogP contribution is -2.22. The first-order valence-electron chi connectivity index (χ1n) is 6.79. The molecule has 1 aromatic heterocycles. The fraction of sp³-hybridized carbons (Fsp3) is 0.571. The number of nitrogens with one attached hydrogen (secondary N) is 2. The second kappa shape index (κ2) is 7.53. The molecule has 2 rings (SSSR count). The fourth-order valence-corrected chi connectivity index (χ4v) is 2.02. The molecule has 0 amide bonds. The highest BCUT2D eigenvalue weighted by Gasteiger charge is 2.33. The number of carbonyl (C=O) groups is 1. The van der Waals surface area contributed by atoms with Gasteiger partial charge in [0.2, 0.25) is 0 Å². The van der Waals surface area contributed by atoms with Crippen LogP contribution in [0.25, 0.3) is 0 Å². The van der Waals surface area contributed by atoms with Crippen LogP contribution in [0.2, 0.25) is 0 Å². The van der Waals surface area contributed by atoms with E-state index in [1.165, 1.54) is 14.0 Å². The van der Waals surface area contributed by atoms with Gasteiger partial charge in [0, 0.05) is 18.7 Å². The Kier molecular flexibility index (Phi) is 6.28. The number of anilines is 1. The van der Waals surface area contributed by atoms with Crippen molar-refractivity contribution in [3.8, 4) is 0 Å². The summed E-state index contributed by atoms with van der Waals surface area (Å²) in [5, 5.41) is 5.49. The third kappa shape index (κ3) is 4.94. The molecule has 1 saturated heterocycles. The van der Waals surface area contributed by atoms with Gasteiger partial charge >= 0.3 is 6.18 Å². The lowest BCUT2D eigenvalue weighted by atomic mass is 10.1. The van der Waals surface area contributed by atoms with Crippen LogP contribution in [0.3, 0.4) is 0 Å². The fourth-order valence-electron chi connectivity index (χ4n) is 2.02. The molecule has 2 unspecified atom stereocenters. The Morgan fingerprint density at radius 2 is 2.09 bits per heavy atom. The van der Waals surface area contributed by atoms with Crippen LogP contribution in [-0.4, -0.2) is 30.9 Å². The summed E-state index contributed by atoms with van der Waals surface area (Å²) >= 11 is 0. The first-order chi connectivity index (χ1) is 10.2. The highest BCUT2D eigenvalue weighted by molar-refractivity contribution is 5.58. The number of aldehydes is 1. The number of carbonyl (C=O) groups excluding carboxylic acids is 1. The van der Waals surface area contributed by atoms with Crippen LogP contribution in [0.5, 0.6) is 0 Å². The first kappa shape index (κ1) is 18.3. The Hall–Kier alpha value is -1.70. The Labute approximate surface area is 126 Å². The molecule has 1 aliphatic heterocycles. The first-order valence-corrected chi connectivity index (χ1v) is 6.79. The van der Waals surface area contributed by atoms with Gasteiger partial charge in [-0.2, -0.15) is 13.2 Å². The van der Waals surface area contributed by atoms with Crippen LogP contribution >= 0.6 is 0 Å². The van der Waals surface area contributed by atoms with E-state index in [2.05, 4.69) is 22.5 Å². The van der Waals surface area contributed by atoms with E-state index in [1.807, 2.05) is 0 Å². The topological polar surface area (TPSA) is 54.0 Å². The molecule has 2 atom stereocenters. The molecule has 4 nitrogen and oxygen atoms in total. The smallest absolute Gasteiger partial charge is 0.373 e. The minimum Gasteiger partial charge on any atom is -0.373 e. The van der Waals surface area contributed by atoms with Crippen LogP contribution in [0, 0.1) is 18.7 Å². The number of alkyl halides is 3. The predicted octanol–water partition coefficient (Wildman–Crippen LogP) is 2.77. The zero-order chi connectivity index (χ0) is 16.9. The van der Waals surface area contributed by atoms with Gasteiger partial charge in [0.05, 0.1) is 6.04 Å². The van der Waals surface area contributed by atoms with E-state index in [0.717, 1.165) is 19.3 Å². The van der Waals surface area contributed by atoms with Crippen molar-refractivity contribution in [1.29, 1.82) is 0 Å². The summed E-state index contributed by atoms with van der Waals surface area (Å²) in [6, 6.07) is 0.529. The van der Waals surface area contributed by atoms with E-state index in [-0.39, 0.29) is 17.4 Å². The van der Waals surface area contributed by atoms with Gasteiger partial charge in [0.1, 0.15) is 23.6 Å². The number of rotatable bonds is 2. The third-order valence-corrected chi connectivity index (χ3v) is 3.29. The summed E-state index contributed by atoms with van der Waals surface area (Å²) in [7, 11) is 1.38. The highest BCUT2D eigenvalue weighted by Crippen LogP contribution is 2.30. The number of aromatic nitrogens is 1. The van der Waals surface area contributed by atoms with Crippen molar-refractivity contribution in [2.45, 2.75) is 32.5 Å². The molecule has 1 aliphatic rings. The summed E-state index contributed by atoms with van der Waals surface area (Å²) in [5.74, 6) is -0.334. The third-order valence-electron chi connectivity index (χ3n) is 3.29. The molecule has 1 fully saturated rings. The Balaban J connectivity index is 0.000000255. The maximum atomic E-state index is 13.0. The Morgan fingerprint density at radius 1 is 1.45 bits per heavy atom. The summed E-state index contributed by atoms with van der Waals surface area (Å²) in [5.41, 5.74) is -1.16. The van der Waals surface area contributed by atoms with Crippen LogP contribution in [0.15, 0.2) is 6.07 Å². The lowest BCUT2D eigenvalue weighted by Gasteiger charge is -2.10. The van der Waals surface area contributed by atoms with Gasteiger partial charge in [-0.1, -0.05) is 6.92 Å². The van der Waals surface area contributed by atoms with Gasteiger partial charge in [0.15, 0.2) is 0 Å². The maximum Gasteiger partial charge on any atom is 0.433 e. The highest BCUT2D eigenvalue weighted by atomic mass is 19.4. The molecule has 2 heterocycles. The van der Waals surface area contributed by atoms with E-state index in [0.29, 0.717) is 12.0 Å². The molecule has 0 spiro atoms. The molecule has 1 aromatic rings. The minimum atomic E-state index is -4.62. The number of halogens is 4. The normalized spacial score (nSPS) is 21.0. The van der Waals surface area contributed by atoms with E-state index in [9.17, 15) is 22.4 Å². The molecule has 0 radical (unpaired) electrons. The molecule has 0 aromatic carbocycles. The summed E-state index contributed by atoms with van der Waals surface area (Å²) in [4.78, 5) is 13.3. The SMILES string of the molecule is CC1CNC(C=O)C1.CNc1nc(C(F)(F)F)cc(F)c1C. The summed E-state index contributed by atoms with van der Waals surface area (Å²) in [6.07, 6.45) is -2.62. The quantitative estimate of drug-likeness (QED) is 0.650. The summed E-state index contributed by atoms with van der Waals surface area (Å²) in [6.45, 7) is 4.51. The Morgan fingerprint density at radius 3 is 2.45 bits per heavy atom. The number of nitrogens with zero attached hydrogens (tertiary/aromatic N) is 1. The molecule has 22 heavy (non-hydrogen) atoms. The monoisotopic (exact) mass is 321 g/mol. The zero-order valence-corrected chi connectivity index (χ0v) is 12.6. The van der Waals surface area contributed by atoms with Crippen molar-refractivity contribution in [3.63, 3.8) is 0 Å². The molecule has 0 saturated carbocycles. The van der Waals surface area contributed by atoms with Crippen molar-refractivity contribution in [3.05, 3.63) is 23.1 Å². The van der Waals surface area contributed by atoms with Gasteiger partial charge in [0.25, 0.3) is 0 Å². The second-order valence-electron chi connectivity index (χ2n) is 5.20. The largest absolute Gasteiger partial charge is 0.433 e.